The molecule has 1 saturated heterocycles. The molecule has 180 valence electrons. The van der Waals surface area contributed by atoms with Gasteiger partial charge in [-0.05, 0) is 42.0 Å². The number of rotatable bonds is 7. The third kappa shape index (κ3) is 4.72. The van der Waals surface area contributed by atoms with Crippen molar-refractivity contribution in [1.29, 1.82) is 0 Å². The van der Waals surface area contributed by atoms with Crippen LogP contribution in [0.4, 0.5) is 4.79 Å². The number of carbonyl (C=O) groups is 4. The monoisotopic (exact) mass is 478 g/mol. The van der Waals surface area contributed by atoms with Crippen LogP contribution in [0, 0.1) is 0 Å². The van der Waals surface area contributed by atoms with Gasteiger partial charge in [0.2, 0.25) is 5.76 Å². The van der Waals surface area contributed by atoms with E-state index in [1.165, 1.54) is 32.4 Å². The van der Waals surface area contributed by atoms with Crippen molar-refractivity contribution in [3.8, 4) is 5.75 Å². The Kier molecular flexibility index (Phi) is 6.54. The van der Waals surface area contributed by atoms with Crippen LogP contribution in [-0.2, 0) is 25.6 Å². The van der Waals surface area contributed by atoms with Gasteiger partial charge in [0.05, 0.1) is 20.8 Å². The molecule has 1 aliphatic heterocycles. The molecule has 1 N–H and O–H groups in total. The van der Waals surface area contributed by atoms with E-state index in [1.54, 1.807) is 13.0 Å². The Morgan fingerprint density at radius 2 is 1.83 bits per heavy atom. The van der Waals surface area contributed by atoms with E-state index in [9.17, 15) is 19.2 Å². The summed E-state index contributed by atoms with van der Waals surface area (Å²) in [4.78, 5) is 50.1. The van der Waals surface area contributed by atoms with Gasteiger partial charge in [-0.25, -0.2) is 14.4 Å². The standard InChI is InChI=1S/C25H22N2O8/c1-14(23(29)32-2)34-20-10-8-15-6-4-5-7-17(15)18(20)12-19-22(28)27(25(31)26-19)13-16-9-11-21(35-16)24(30)33-3/h4-12,14H,13H2,1-3H3,(H,26,31). The van der Waals surface area contributed by atoms with E-state index in [1.807, 2.05) is 30.3 Å². The molecular weight excluding hydrogens is 456 g/mol. The van der Waals surface area contributed by atoms with Gasteiger partial charge < -0.3 is 23.9 Å². The Morgan fingerprint density at radius 1 is 1.06 bits per heavy atom. The van der Waals surface area contributed by atoms with Crippen molar-refractivity contribution >= 4 is 40.7 Å². The van der Waals surface area contributed by atoms with Gasteiger partial charge in [-0.3, -0.25) is 9.69 Å². The van der Waals surface area contributed by atoms with Crippen LogP contribution in [0.2, 0.25) is 0 Å². The molecule has 35 heavy (non-hydrogen) atoms. The number of amides is 3. The van der Waals surface area contributed by atoms with Crippen molar-refractivity contribution in [2.75, 3.05) is 14.2 Å². The summed E-state index contributed by atoms with van der Waals surface area (Å²) in [6, 6.07) is 13.2. The molecule has 1 unspecified atom stereocenters. The van der Waals surface area contributed by atoms with Gasteiger partial charge in [0.1, 0.15) is 17.2 Å². The summed E-state index contributed by atoms with van der Waals surface area (Å²) in [5.41, 5.74) is 0.525. The largest absolute Gasteiger partial charge is 0.478 e. The number of hydrogen-bond acceptors (Lipinski definition) is 8. The summed E-state index contributed by atoms with van der Waals surface area (Å²) in [6.45, 7) is 1.37. The third-order valence-electron chi connectivity index (χ3n) is 5.38. The molecule has 0 saturated carbocycles. The summed E-state index contributed by atoms with van der Waals surface area (Å²) >= 11 is 0. The highest BCUT2D eigenvalue weighted by atomic mass is 16.6. The minimum atomic E-state index is -0.897. The molecule has 3 amide bonds. The summed E-state index contributed by atoms with van der Waals surface area (Å²) in [5, 5.41) is 4.19. The SMILES string of the molecule is COC(=O)c1ccc(CN2C(=O)NC(=Cc3c(OC(C)C(=O)OC)ccc4ccccc34)C2=O)o1. The Bertz CT molecular complexity index is 1360. The molecule has 1 fully saturated rings. The number of fused-ring (bicyclic) bond motifs is 1. The van der Waals surface area contributed by atoms with E-state index >= 15 is 0 Å². The molecule has 10 heteroatoms. The first-order chi connectivity index (χ1) is 16.8. The predicted molar refractivity (Wildman–Crippen MR) is 123 cm³/mol. The fraction of sp³-hybridized carbons (Fsp3) is 0.200. The zero-order valence-corrected chi connectivity index (χ0v) is 19.2. The summed E-state index contributed by atoms with van der Waals surface area (Å²) in [5.74, 6) is -1.29. The number of ether oxygens (including phenoxy) is 3. The lowest BCUT2D eigenvalue weighted by molar-refractivity contribution is -0.147. The Labute approximate surface area is 200 Å². The lowest BCUT2D eigenvalue weighted by Gasteiger charge is -2.16. The fourth-order valence-electron chi connectivity index (χ4n) is 3.62. The number of urea groups is 1. The molecular formula is C25H22N2O8. The number of benzene rings is 2. The minimum absolute atomic E-state index is 0.0154. The highest BCUT2D eigenvalue weighted by Gasteiger charge is 2.35. The molecule has 2 heterocycles. The molecule has 4 rings (SSSR count). The quantitative estimate of drug-likeness (QED) is 0.312. The van der Waals surface area contributed by atoms with Gasteiger partial charge in [0.25, 0.3) is 5.91 Å². The molecule has 3 aromatic rings. The predicted octanol–water partition coefficient (Wildman–Crippen LogP) is 3.25. The molecule has 0 spiro atoms. The molecule has 1 atom stereocenters. The Hall–Kier alpha value is -4.60. The van der Waals surface area contributed by atoms with Crippen LogP contribution in [0.3, 0.4) is 0 Å². The van der Waals surface area contributed by atoms with E-state index < -0.39 is 30.0 Å². The van der Waals surface area contributed by atoms with Crippen LogP contribution in [0.1, 0.15) is 28.8 Å². The van der Waals surface area contributed by atoms with Crippen molar-refractivity contribution in [3.63, 3.8) is 0 Å². The van der Waals surface area contributed by atoms with Crippen molar-refractivity contribution in [3.05, 3.63) is 71.3 Å². The summed E-state index contributed by atoms with van der Waals surface area (Å²) < 4.78 is 20.5. The molecule has 0 aliphatic carbocycles. The lowest BCUT2D eigenvalue weighted by Crippen LogP contribution is -2.30. The van der Waals surface area contributed by atoms with Crippen LogP contribution in [0.25, 0.3) is 16.8 Å². The topological polar surface area (TPSA) is 124 Å². The van der Waals surface area contributed by atoms with Gasteiger partial charge in [0.15, 0.2) is 6.10 Å². The zero-order valence-electron chi connectivity index (χ0n) is 19.2. The fourth-order valence-corrected chi connectivity index (χ4v) is 3.62. The summed E-state index contributed by atoms with van der Waals surface area (Å²) in [7, 11) is 2.48. The maximum absolute atomic E-state index is 13.1. The number of carbonyl (C=O) groups excluding carboxylic acids is 4. The van der Waals surface area contributed by atoms with E-state index in [4.69, 9.17) is 13.9 Å². The number of nitrogens with one attached hydrogen (secondary N) is 1. The maximum Gasteiger partial charge on any atom is 0.373 e. The van der Waals surface area contributed by atoms with Crippen LogP contribution in [0.5, 0.6) is 5.75 Å². The molecule has 0 radical (unpaired) electrons. The molecule has 1 aromatic heterocycles. The smallest absolute Gasteiger partial charge is 0.373 e. The Morgan fingerprint density at radius 3 is 2.57 bits per heavy atom. The van der Waals surface area contributed by atoms with Crippen molar-refractivity contribution < 1.29 is 37.8 Å². The maximum atomic E-state index is 13.1. The van der Waals surface area contributed by atoms with Crippen molar-refractivity contribution in [1.82, 2.24) is 10.2 Å². The van der Waals surface area contributed by atoms with E-state index in [0.29, 0.717) is 11.3 Å². The third-order valence-corrected chi connectivity index (χ3v) is 5.38. The van der Waals surface area contributed by atoms with E-state index in [-0.39, 0.29) is 23.8 Å². The van der Waals surface area contributed by atoms with Crippen LogP contribution in [-0.4, -0.2) is 49.1 Å². The van der Waals surface area contributed by atoms with Crippen LogP contribution < -0.4 is 10.1 Å². The molecule has 10 nitrogen and oxygen atoms in total. The first-order valence-corrected chi connectivity index (χ1v) is 10.6. The number of nitrogens with zero attached hydrogens (tertiary/aromatic N) is 1. The van der Waals surface area contributed by atoms with Crippen LogP contribution in [0.15, 0.2) is 58.6 Å². The number of hydrogen-bond donors (Lipinski definition) is 1. The van der Waals surface area contributed by atoms with Crippen molar-refractivity contribution in [2.24, 2.45) is 0 Å². The van der Waals surface area contributed by atoms with Gasteiger partial charge >= 0.3 is 18.0 Å². The zero-order chi connectivity index (χ0) is 25.1. The van der Waals surface area contributed by atoms with Gasteiger partial charge in [-0.1, -0.05) is 30.3 Å². The summed E-state index contributed by atoms with van der Waals surface area (Å²) in [6.07, 6.45) is 0.607. The molecule has 0 bridgehead atoms. The normalized spacial score (nSPS) is 15.3. The van der Waals surface area contributed by atoms with Gasteiger partial charge in [-0.2, -0.15) is 0 Å². The molecule has 2 aromatic carbocycles. The lowest BCUT2D eigenvalue weighted by atomic mass is 10.0. The Balaban J connectivity index is 1.67. The second-order valence-electron chi connectivity index (χ2n) is 7.62. The minimum Gasteiger partial charge on any atom is -0.478 e. The second kappa shape index (κ2) is 9.72. The number of furan rings is 1. The number of esters is 2. The highest BCUT2D eigenvalue weighted by molar-refractivity contribution is 6.14. The number of imide groups is 1. The first kappa shape index (κ1) is 23.6. The average molecular weight is 478 g/mol. The van der Waals surface area contributed by atoms with Gasteiger partial charge in [-0.15, -0.1) is 0 Å². The van der Waals surface area contributed by atoms with Gasteiger partial charge in [0, 0.05) is 5.56 Å². The molecule has 1 aliphatic rings. The average Bonchev–Trinajstić information content (AvgIpc) is 3.44. The number of methoxy groups -OCH3 is 2. The first-order valence-electron chi connectivity index (χ1n) is 10.6. The highest BCUT2D eigenvalue weighted by Crippen LogP contribution is 2.32. The van der Waals surface area contributed by atoms with E-state index in [2.05, 4.69) is 10.1 Å². The van der Waals surface area contributed by atoms with Crippen LogP contribution >= 0.6 is 0 Å². The second-order valence-corrected chi connectivity index (χ2v) is 7.62. The van der Waals surface area contributed by atoms with Crippen molar-refractivity contribution in [2.45, 2.75) is 19.6 Å². The van der Waals surface area contributed by atoms with E-state index in [0.717, 1.165) is 15.7 Å².